The van der Waals surface area contributed by atoms with Crippen molar-refractivity contribution < 1.29 is 9.90 Å². The van der Waals surface area contributed by atoms with Crippen LogP contribution < -0.4 is 5.32 Å². The number of hydrogen-bond acceptors (Lipinski definition) is 3. The highest BCUT2D eigenvalue weighted by Crippen LogP contribution is 2.17. The standard InChI is InChI=1S/C12H17BrN2O2/c1-3-12(2,6-8-16)15-11(17)9-5-4-7-14-10(9)13/h4-5,7,16H,3,6,8H2,1-2H3,(H,15,17). The first-order valence-corrected chi connectivity index (χ1v) is 6.35. The molecule has 0 fully saturated rings. The zero-order valence-electron chi connectivity index (χ0n) is 10.0. The summed E-state index contributed by atoms with van der Waals surface area (Å²) >= 11 is 3.24. The summed E-state index contributed by atoms with van der Waals surface area (Å²) in [5.74, 6) is -0.178. The monoisotopic (exact) mass is 300 g/mol. The fourth-order valence-electron chi connectivity index (χ4n) is 1.47. The van der Waals surface area contributed by atoms with Gasteiger partial charge in [0.2, 0.25) is 0 Å². The maximum atomic E-state index is 12.1. The van der Waals surface area contributed by atoms with Gasteiger partial charge in [0.25, 0.3) is 5.91 Å². The van der Waals surface area contributed by atoms with Crippen molar-refractivity contribution in [2.75, 3.05) is 6.61 Å². The van der Waals surface area contributed by atoms with E-state index < -0.39 is 0 Å². The Balaban J connectivity index is 2.82. The minimum Gasteiger partial charge on any atom is -0.396 e. The van der Waals surface area contributed by atoms with Crippen molar-refractivity contribution >= 4 is 21.8 Å². The van der Waals surface area contributed by atoms with E-state index in [1.165, 1.54) is 0 Å². The van der Waals surface area contributed by atoms with Crippen molar-refractivity contribution in [1.29, 1.82) is 0 Å². The van der Waals surface area contributed by atoms with Crippen LogP contribution in [0, 0.1) is 0 Å². The van der Waals surface area contributed by atoms with Gasteiger partial charge in [0.1, 0.15) is 4.60 Å². The number of aliphatic hydroxyl groups is 1. The second-order valence-electron chi connectivity index (χ2n) is 4.18. The van der Waals surface area contributed by atoms with E-state index in [9.17, 15) is 4.79 Å². The smallest absolute Gasteiger partial charge is 0.254 e. The highest BCUT2D eigenvalue weighted by Gasteiger charge is 2.25. The van der Waals surface area contributed by atoms with Crippen LogP contribution in [0.4, 0.5) is 0 Å². The molecule has 0 saturated carbocycles. The van der Waals surface area contributed by atoms with Gasteiger partial charge >= 0.3 is 0 Å². The van der Waals surface area contributed by atoms with Crippen LogP contribution in [0.1, 0.15) is 37.0 Å². The molecular weight excluding hydrogens is 284 g/mol. The van der Waals surface area contributed by atoms with E-state index in [1.807, 2.05) is 13.8 Å². The molecule has 0 saturated heterocycles. The summed E-state index contributed by atoms with van der Waals surface area (Å²) in [5.41, 5.74) is 0.117. The van der Waals surface area contributed by atoms with Crippen LogP contribution in [0.3, 0.4) is 0 Å². The third kappa shape index (κ3) is 3.78. The normalized spacial score (nSPS) is 14.1. The molecule has 1 aromatic rings. The molecule has 1 heterocycles. The molecule has 4 nitrogen and oxygen atoms in total. The molecule has 1 rings (SSSR count). The van der Waals surface area contributed by atoms with E-state index in [1.54, 1.807) is 18.3 Å². The van der Waals surface area contributed by atoms with Gasteiger partial charge in [0, 0.05) is 18.3 Å². The fourth-order valence-corrected chi connectivity index (χ4v) is 1.90. The molecule has 17 heavy (non-hydrogen) atoms. The first-order chi connectivity index (χ1) is 8.02. The minimum atomic E-state index is -0.388. The third-order valence-corrected chi connectivity index (χ3v) is 3.49. The minimum absolute atomic E-state index is 0.0544. The molecule has 2 N–H and O–H groups in total. The number of rotatable bonds is 5. The number of amides is 1. The molecule has 0 aliphatic carbocycles. The van der Waals surface area contributed by atoms with E-state index >= 15 is 0 Å². The lowest BCUT2D eigenvalue weighted by atomic mass is 9.94. The first-order valence-electron chi connectivity index (χ1n) is 5.56. The van der Waals surface area contributed by atoms with Gasteiger partial charge in [-0.25, -0.2) is 4.98 Å². The largest absolute Gasteiger partial charge is 0.396 e. The number of pyridine rings is 1. The van der Waals surface area contributed by atoms with E-state index in [0.29, 0.717) is 16.6 Å². The van der Waals surface area contributed by atoms with E-state index in [4.69, 9.17) is 5.11 Å². The van der Waals surface area contributed by atoms with Gasteiger partial charge in [-0.2, -0.15) is 0 Å². The van der Waals surface area contributed by atoms with Crippen molar-refractivity contribution in [3.05, 3.63) is 28.5 Å². The van der Waals surface area contributed by atoms with Crippen LogP contribution in [0.25, 0.3) is 0 Å². The summed E-state index contributed by atoms with van der Waals surface area (Å²) in [4.78, 5) is 16.1. The molecule has 0 bridgehead atoms. The number of carbonyl (C=O) groups is 1. The van der Waals surface area contributed by atoms with E-state index in [-0.39, 0.29) is 18.1 Å². The molecular formula is C12H17BrN2O2. The van der Waals surface area contributed by atoms with Gasteiger partial charge in [-0.05, 0) is 47.8 Å². The average Bonchev–Trinajstić information content (AvgIpc) is 2.29. The van der Waals surface area contributed by atoms with Gasteiger partial charge in [0.15, 0.2) is 0 Å². The Morgan fingerprint density at radius 3 is 2.88 bits per heavy atom. The van der Waals surface area contributed by atoms with Crippen LogP contribution in [0.15, 0.2) is 22.9 Å². The SMILES string of the molecule is CCC(C)(CCO)NC(=O)c1cccnc1Br. The average molecular weight is 301 g/mol. The summed E-state index contributed by atoms with van der Waals surface area (Å²) in [5, 5.41) is 11.9. The quantitative estimate of drug-likeness (QED) is 0.819. The topological polar surface area (TPSA) is 62.2 Å². The van der Waals surface area contributed by atoms with Gasteiger partial charge in [0.05, 0.1) is 5.56 Å². The van der Waals surface area contributed by atoms with Crippen LogP contribution in [0.2, 0.25) is 0 Å². The highest BCUT2D eigenvalue weighted by molar-refractivity contribution is 9.10. The van der Waals surface area contributed by atoms with Crippen molar-refractivity contribution in [1.82, 2.24) is 10.3 Å². The fraction of sp³-hybridized carbons (Fsp3) is 0.500. The lowest BCUT2D eigenvalue weighted by Crippen LogP contribution is -2.46. The predicted molar refractivity (Wildman–Crippen MR) is 69.8 cm³/mol. The van der Waals surface area contributed by atoms with Crippen LogP contribution in [0.5, 0.6) is 0 Å². The summed E-state index contributed by atoms with van der Waals surface area (Å²) in [6.45, 7) is 3.96. The maximum absolute atomic E-state index is 12.1. The molecule has 1 aromatic heterocycles. The Bertz CT molecular complexity index is 398. The number of halogens is 1. The van der Waals surface area contributed by atoms with E-state index in [0.717, 1.165) is 6.42 Å². The lowest BCUT2D eigenvalue weighted by Gasteiger charge is -2.29. The van der Waals surface area contributed by atoms with Crippen LogP contribution in [-0.4, -0.2) is 28.1 Å². The van der Waals surface area contributed by atoms with Crippen molar-refractivity contribution in [3.63, 3.8) is 0 Å². The summed E-state index contributed by atoms with van der Waals surface area (Å²) < 4.78 is 0.528. The second kappa shape index (κ2) is 6.12. The molecule has 5 heteroatoms. The molecule has 0 spiro atoms. The lowest BCUT2D eigenvalue weighted by molar-refractivity contribution is 0.0885. The first kappa shape index (κ1) is 14.1. The number of carbonyl (C=O) groups excluding carboxylic acids is 1. The Morgan fingerprint density at radius 2 is 2.35 bits per heavy atom. The van der Waals surface area contributed by atoms with E-state index in [2.05, 4.69) is 26.2 Å². The molecule has 1 amide bonds. The molecule has 1 atom stereocenters. The summed E-state index contributed by atoms with van der Waals surface area (Å²) in [7, 11) is 0. The molecule has 0 aliphatic heterocycles. The molecule has 0 radical (unpaired) electrons. The number of nitrogens with zero attached hydrogens (tertiary/aromatic N) is 1. The number of aliphatic hydroxyl groups excluding tert-OH is 1. The Hall–Kier alpha value is -0.940. The third-order valence-electron chi connectivity index (χ3n) is 2.86. The van der Waals surface area contributed by atoms with Crippen LogP contribution >= 0.6 is 15.9 Å². The van der Waals surface area contributed by atoms with Crippen molar-refractivity contribution in [2.24, 2.45) is 0 Å². The van der Waals surface area contributed by atoms with Gasteiger partial charge in [-0.3, -0.25) is 4.79 Å². The predicted octanol–water partition coefficient (Wildman–Crippen LogP) is 2.12. The Morgan fingerprint density at radius 1 is 1.65 bits per heavy atom. The zero-order valence-corrected chi connectivity index (χ0v) is 11.6. The van der Waals surface area contributed by atoms with Gasteiger partial charge in [-0.1, -0.05) is 6.92 Å². The van der Waals surface area contributed by atoms with Gasteiger partial charge < -0.3 is 10.4 Å². The van der Waals surface area contributed by atoms with Gasteiger partial charge in [-0.15, -0.1) is 0 Å². The molecule has 0 aromatic carbocycles. The molecule has 0 aliphatic rings. The molecule has 1 unspecified atom stereocenters. The highest BCUT2D eigenvalue weighted by atomic mass is 79.9. The Labute approximate surface area is 110 Å². The molecule has 94 valence electrons. The summed E-state index contributed by atoms with van der Waals surface area (Å²) in [6.07, 6.45) is 2.91. The maximum Gasteiger partial charge on any atom is 0.254 e. The second-order valence-corrected chi connectivity index (χ2v) is 4.93. The Kier molecular flexibility index (Phi) is 5.08. The summed E-state index contributed by atoms with van der Waals surface area (Å²) in [6, 6.07) is 3.43. The number of hydrogen-bond donors (Lipinski definition) is 2. The number of nitrogens with one attached hydrogen (secondary N) is 1. The number of aromatic nitrogens is 1. The zero-order chi connectivity index (χ0) is 12.9. The van der Waals surface area contributed by atoms with Crippen molar-refractivity contribution in [3.8, 4) is 0 Å². The van der Waals surface area contributed by atoms with Crippen LogP contribution in [-0.2, 0) is 0 Å². The van der Waals surface area contributed by atoms with Crippen molar-refractivity contribution in [2.45, 2.75) is 32.2 Å².